The van der Waals surface area contributed by atoms with Gasteiger partial charge >= 0.3 is 0 Å². The largest absolute Gasteiger partial charge is 0.395 e. The first-order valence-corrected chi connectivity index (χ1v) is 5.84. The maximum absolute atomic E-state index is 12.9. The minimum atomic E-state index is -0.219. The zero-order chi connectivity index (χ0) is 11.4. The lowest BCUT2D eigenvalue weighted by Crippen LogP contribution is -2.31. The summed E-state index contributed by atoms with van der Waals surface area (Å²) >= 11 is 0. The van der Waals surface area contributed by atoms with E-state index in [0.29, 0.717) is 0 Å². The van der Waals surface area contributed by atoms with E-state index in [4.69, 9.17) is 0 Å². The third-order valence-corrected chi connectivity index (χ3v) is 3.55. The number of benzene rings is 1. The fourth-order valence-electron chi connectivity index (χ4n) is 2.47. The van der Waals surface area contributed by atoms with Crippen molar-refractivity contribution in [3.63, 3.8) is 0 Å². The van der Waals surface area contributed by atoms with Crippen LogP contribution < -0.4 is 5.32 Å². The van der Waals surface area contributed by atoms with Gasteiger partial charge in [0.05, 0.1) is 6.61 Å². The Balaban J connectivity index is 2.28. The molecule has 0 amide bonds. The third-order valence-electron chi connectivity index (χ3n) is 3.55. The van der Waals surface area contributed by atoms with E-state index in [1.54, 1.807) is 12.1 Å². The summed E-state index contributed by atoms with van der Waals surface area (Å²) in [6.07, 6.45) is 2.93. The van der Waals surface area contributed by atoms with Gasteiger partial charge in [0.25, 0.3) is 0 Å². The van der Waals surface area contributed by atoms with Crippen LogP contribution in [0, 0.1) is 5.82 Å². The van der Waals surface area contributed by atoms with Gasteiger partial charge in [-0.1, -0.05) is 12.1 Å². The van der Waals surface area contributed by atoms with Crippen molar-refractivity contribution in [3.8, 4) is 0 Å². The molecule has 1 aromatic rings. The van der Waals surface area contributed by atoms with Crippen LogP contribution in [0.15, 0.2) is 24.3 Å². The number of halogens is 1. The van der Waals surface area contributed by atoms with Gasteiger partial charge in [0.2, 0.25) is 0 Å². The highest BCUT2D eigenvalue weighted by Crippen LogP contribution is 2.33. The van der Waals surface area contributed by atoms with Gasteiger partial charge in [0.1, 0.15) is 5.82 Å². The molecule has 16 heavy (non-hydrogen) atoms. The second-order valence-electron chi connectivity index (χ2n) is 4.55. The van der Waals surface area contributed by atoms with Gasteiger partial charge in [-0.05, 0) is 50.0 Å². The van der Waals surface area contributed by atoms with Gasteiger partial charge in [-0.15, -0.1) is 0 Å². The van der Waals surface area contributed by atoms with E-state index in [-0.39, 0.29) is 17.8 Å². The lowest BCUT2D eigenvalue weighted by atomic mass is 9.75. The fourth-order valence-corrected chi connectivity index (χ4v) is 2.47. The molecule has 2 N–H and O–H groups in total. The molecule has 1 heterocycles. The smallest absolute Gasteiger partial charge is 0.123 e. The molecule has 2 nitrogen and oxygen atoms in total. The summed E-state index contributed by atoms with van der Waals surface area (Å²) in [6.45, 7) is 2.06. The van der Waals surface area contributed by atoms with Crippen LogP contribution in [-0.4, -0.2) is 24.8 Å². The van der Waals surface area contributed by atoms with Crippen LogP contribution in [0.25, 0.3) is 0 Å². The molecular formula is C13H18FNO. The Morgan fingerprint density at radius 1 is 1.19 bits per heavy atom. The predicted octanol–water partition coefficient (Wildman–Crippen LogP) is 1.83. The standard InChI is InChI=1S/C13H18FNO/c14-12-4-2-11(3-5-12)13(10-16)6-1-8-15-9-7-13/h2-5,15-16H,1,6-10H2. The van der Waals surface area contributed by atoms with Crippen molar-refractivity contribution >= 4 is 0 Å². The molecule has 0 saturated carbocycles. The summed E-state index contributed by atoms with van der Waals surface area (Å²) in [4.78, 5) is 0. The average Bonchev–Trinajstić information content (AvgIpc) is 2.56. The van der Waals surface area contributed by atoms with Crippen LogP contribution in [0.2, 0.25) is 0 Å². The van der Waals surface area contributed by atoms with E-state index in [1.807, 2.05) is 0 Å². The number of hydrogen-bond donors (Lipinski definition) is 2. The second-order valence-corrected chi connectivity index (χ2v) is 4.55. The second kappa shape index (κ2) is 4.93. The minimum Gasteiger partial charge on any atom is -0.395 e. The van der Waals surface area contributed by atoms with E-state index < -0.39 is 0 Å². The van der Waals surface area contributed by atoms with Crippen molar-refractivity contribution in [1.82, 2.24) is 5.32 Å². The van der Waals surface area contributed by atoms with Crippen molar-refractivity contribution in [1.29, 1.82) is 0 Å². The van der Waals surface area contributed by atoms with E-state index >= 15 is 0 Å². The van der Waals surface area contributed by atoms with Crippen LogP contribution >= 0.6 is 0 Å². The van der Waals surface area contributed by atoms with Gasteiger partial charge in [-0.3, -0.25) is 0 Å². The summed E-state index contributed by atoms with van der Waals surface area (Å²) in [6, 6.07) is 6.56. The molecule has 2 rings (SSSR count). The maximum Gasteiger partial charge on any atom is 0.123 e. The summed E-state index contributed by atoms with van der Waals surface area (Å²) in [5, 5.41) is 13.0. The number of nitrogens with one attached hydrogen (secondary N) is 1. The Labute approximate surface area is 95.5 Å². The highest BCUT2D eigenvalue weighted by atomic mass is 19.1. The van der Waals surface area contributed by atoms with Crippen LogP contribution in [0.1, 0.15) is 24.8 Å². The first-order valence-electron chi connectivity index (χ1n) is 5.84. The molecule has 3 heteroatoms. The van der Waals surface area contributed by atoms with E-state index in [2.05, 4.69) is 5.32 Å². The number of rotatable bonds is 2. The summed E-state index contributed by atoms with van der Waals surface area (Å²) < 4.78 is 12.9. The van der Waals surface area contributed by atoms with Crippen LogP contribution in [0.3, 0.4) is 0 Å². The van der Waals surface area contributed by atoms with E-state index in [0.717, 1.165) is 37.9 Å². The normalized spacial score (nSPS) is 26.4. The first kappa shape index (κ1) is 11.6. The number of hydrogen-bond acceptors (Lipinski definition) is 2. The zero-order valence-electron chi connectivity index (χ0n) is 9.38. The molecule has 1 saturated heterocycles. The lowest BCUT2D eigenvalue weighted by molar-refractivity contribution is 0.178. The highest BCUT2D eigenvalue weighted by molar-refractivity contribution is 5.26. The third kappa shape index (κ3) is 2.25. The van der Waals surface area contributed by atoms with Gasteiger partial charge < -0.3 is 10.4 Å². The molecule has 1 fully saturated rings. The van der Waals surface area contributed by atoms with Gasteiger partial charge in [-0.25, -0.2) is 4.39 Å². The molecule has 1 aliphatic heterocycles. The molecule has 1 unspecified atom stereocenters. The Kier molecular flexibility index (Phi) is 3.56. The number of aliphatic hydroxyl groups is 1. The fraction of sp³-hybridized carbons (Fsp3) is 0.538. The molecule has 0 bridgehead atoms. The molecule has 0 radical (unpaired) electrons. The first-order chi connectivity index (χ1) is 7.77. The molecular weight excluding hydrogens is 205 g/mol. The highest BCUT2D eigenvalue weighted by Gasteiger charge is 2.31. The van der Waals surface area contributed by atoms with Crippen molar-refractivity contribution in [3.05, 3.63) is 35.6 Å². The average molecular weight is 223 g/mol. The van der Waals surface area contributed by atoms with Gasteiger partial charge in [0.15, 0.2) is 0 Å². The monoisotopic (exact) mass is 223 g/mol. The Bertz CT molecular complexity index is 328. The van der Waals surface area contributed by atoms with Crippen molar-refractivity contribution in [2.75, 3.05) is 19.7 Å². The van der Waals surface area contributed by atoms with Gasteiger partial charge in [0, 0.05) is 5.41 Å². The SMILES string of the molecule is OCC1(c2ccc(F)cc2)CCCNCC1. The molecule has 1 aliphatic rings. The molecule has 0 spiro atoms. The van der Waals surface area contributed by atoms with E-state index in [9.17, 15) is 9.50 Å². The molecule has 1 aromatic carbocycles. The summed E-state index contributed by atoms with van der Waals surface area (Å²) in [7, 11) is 0. The molecule has 1 atom stereocenters. The van der Waals surface area contributed by atoms with Crippen LogP contribution in [0.4, 0.5) is 4.39 Å². The Hall–Kier alpha value is -0.930. The molecule has 0 aromatic heterocycles. The maximum atomic E-state index is 12.9. The van der Waals surface area contributed by atoms with E-state index in [1.165, 1.54) is 12.1 Å². The minimum absolute atomic E-state index is 0.139. The molecule has 0 aliphatic carbocycles. The number of aliphatic hydroxyl groups excluding tert-OH is 1. The Morgan fingerprint density at radius 2 is 1.94 bits per heavy atom. The zero-order valence-corrected chi connectivity index (χ0v) is 9.38. The quantitative estimate of drug-likeness (QED) is 0.801. The lowest BCUT2D eigenvalue weighted by Gasteiger charge is -2.31. The van der Waals surface area contributed by atoms with Crippen molar-refractivity contribution < 1.29 is 9.50 Å². The van der Waals surface area contributed by atoms with Gasteiger partial charge in [-0.2, -0.15) is 0 Å². The summed E-state index contributed by atoms with van der Waals surface area (Å²) in [5.41, 5.74) is 0.872. The summed E-state index contributed by atoms with van der Waals surface area (Å²) in [5.74, 6) is -0.219. The predicted molar refractivity (Wildman–Crippen MR) is 61.9 cm³/mol. The molecule has 88 valence electrons. The van der Waals surface area contributed by atoms with Crippen LogP contribution in [0.5, 0.6) is 0 Å². The topological polar surface area (TPSA) is 32.3 Å². The Morgan fingerprint density at radius 3 is 2.62 bits per heavy atom. The van der Waals surface area contributed by atoms with Crippen molar-refractivity contribution in [2.24, 2.45) is 0 Å². The van der Waals surface area contributed by atoms with Crippen molar-refractivity contribution in [2.45, 2.75) is 24.7 Å². The van der Waals surface area contributed by atoms with Crippen LogP contribution in [-0.2, 0) is 5.41 Å².